The summed E-state index contributed by atoms with van der Waals surface area (Å²) in [4.78, 5) is 11.7. The number of carbonyl (C=O) groups excluding carboxylic acids is 1. The standard InChI is InChI=1S/C13H21N3O/c1-11-7-9-16(15-11)10-8-13(17)14-12-5-3-2-4-6-12/h7,9,12H,2-6,8,10H2,1H3,(H,14,17). The molecule has 0 saturated heterocycles. The average molecular weight is 235 g/mol. The minimum atomic E-state index is 0.157. The quantitative estimate of drug-likeness (QED) is 0.868. The van der Waals surface area contributed by atoms with Crippen LogP contribution in [0.3, 0.4) is 0 Å². The van der Waals surface area contributed by atoms with E-state index in [-0.39, 0.29) is 5.91 Å². The van der Waals surface area contributed by atoms with E-state index in [9.17, 15) is 4.79 Å². The van der Waals surface area contributed by atoms with E-state index < -0.39 is 0 Å². The van der Waals surface area contributed by atoms with Gasteiger partial charge in [-0.2, -0.15) is 5.10 Å². The molecule has 1 aromatic heterocycles. The van der Waals surface area contributed by atoms with E-state index >= 15 is 0 Å². The Labute approximate surface area is 102 Å². The van der Waals surface area contributed by atoms with Crippen LogP contribution in [-0.2, 0) is 11.3 Å². The van der Waals surface area contributed by atoms with Crippen LogP contribution in [-0.4, -0.2) is 21.7 Å². The molecule has 1 amide bonds. The van der Waals surface area contributed by atoms with E-state index in [2.05, 4.69) is 10.4 Å². The third kappa shape index (κ3) is 3.88. The molecule has 1 N–H and O–H groups in total. The number of nitrogens with zero attached hydrogens (tertiary/aromatic N) is 2. The van der Waals surface area contributed by atoms with Crippen molar-refractivity contribution in [2.24, 2.45) is 0 Å². The zero-order valence-electron chi connectivity index (χ0n) is 10.5. The third-order valence-electron chi connectivity index (χ3n) is 3.31. The Morgan fingerprint density at radius 2 is 2.24 bits per heavy atom. The fourth-order valence-electron chi connectivity index (χ4n) is 2.35. The molecule has 0 aliphatic heterocycles. The summed E-state index contributed by atoms with van der Waals surface area (Å²) in [6.45, 7) is 2.63. The molecule has 4 heteroatoms. The number of hydrogen-bond acceptors (Lipinski definition) is 2. The lowest BCUT2D eigenvalue weighted by Gasteiger charge is -2.22. The maximum atomic E-state index is 11.7. The van der Waals surface area contributed by atoms with Gasteiger partial charge in [-0.15, -0.1) is 0 Å². The van der Waals surface area contributed by atoms with Gasteiger partial charge in [-0.1, -0.05) is 19.3 Å². The Hall–Kier alpha value is -1.32. The Bertz CT molecular complexity index is 366. The number of aromatic nitrogens is 2. The highest BCUT2D eigenvalue weighted by Crippen LogP contribution is 2.17. The van der Waals surface area contributed by atoms with Gasteiger partial charge in [-0.25, -0.2) is 0 Å². The summed E-state index contributed by atoms with van der Waals surface area (Å²) < 4.78 is 1.83. The van der Waals surface area contributed by atoms with Crippen molar-refractivity contribution in [2.45, 2.75) is 58.0 Å². The molecule has 0 atom stereocenters. The lowest BCUT2D eigenvalue weighted by Crippen LogP contribution is -2.36. The molecule has 1 aromatic rings. The number of nitrogens with one attached hydrogen (secondary N) is 1. The highest BCUT2D eigenvalue weighted by atomic mass is 16.1. The molecule has 2 rings (SSSR count). The summed E-state index contributed by atoms with van der Waals surface area (Å²) in [6, 6.07) is 2.37. The number of aryl methyl sites for hydroxylation is 2. The average Bonchev–Trinajstić information content (AvgIpc) is 2.74. The predicted octanol–water partition coefficient (Wildman–Crippen LogP) is 2.03. The molecule has 94 valence electrons. The Balaban J connectivity index is 1.70. The van der Waals surface area contributed by atoms with E-state index in [1.807, 2.05) is 23.9 Å². The van der Waals surface area contributed by atoms with Gasteiger partial charge in [0.05, 0.1) is 5.69 Å². The van der Waals surface area contributed by atoms with Crippen LogP contribution in [0.1, 0.15) is 44.2 Å². The molecular weight excluding hydrogens is 214 g/mol. The summed E-state index contributed by atoms with van der Waals surface area (Å²) in [7, 11) is 0. The highest BCUT2D eigenvalue weighted by molar-refractivity contribution is 5.76. The van der Waals surface area contributed by atoms with Crippen molar-refractivity contribution >= 4 is 5.91 Å². The van der Waals surface area contributed by atoms with Crippen LogP contribution in [0.5, 0.6) is 0 Å². The van der Waals surface area contributed by atoms with E-state index in [4.69, 9.17) is 0 Å². The zero-order chi connectivity index (χ0) is 12.1. The first kappa shape index (κ1) is 12.1. The van der Waals surface area contributed by atoms with Gasteiger partial charge in [0.1, 0.15) is 0 Å². The first-order valence-corrected chi connectivity index (χ1v) is 6.53. The van der Waals surface area contributed by atoms with Gasteiger partial charge in [0.25, 0.3) is 0 Å². The van der Waals surface area contributed by atoms with Gasteiger partial charge in [0.15, 0.2) is 0 Å². The summed E-state index contributed by atoms with van der Waals surface area (Å²) >= 11 is 0. The van der Waals surface area contributed by atoms with E-state index in [1.165, 1.54) is 19.3 Å². The van der Waals surface area contributed by atoms with Crippen LogP contribution < -0.4 is 5.32 Å². The van der Waals surface area contributed by atoms with Crippen LogP contribution in [0, 0.1) is 6.92 Å². The normalized spacial score (nSPS) is 17.0. The SMILES string of the molecule is Cc1ccn(CCC(=O)NC2CCCCC2)n1. The topological polar surface area (TPSA) is 46.9 Å². The molecule has 0 bridgehead atoms. The maximum Gasteiger partial charge on any atom is 0.222 e. The molecular formula is C13H21N3O. The van der Waals surface area contributed by atoms with Gasteiger partial charge in [-0.05, 0) is 25.8 Å². The Kier molecular flexibility index (Phi) is 4.18. The van der Waals surface area contributed by atoms with Gasteiger partial charge >= 0.3 is 0 Å². The van der Waals surface area contributed by atoms with Crippen molar-refractivity contribution in [1.29, 1.82) is 0 Å². The van der Waals surface area contributed by atoms with Crippen LogP contribution in [0.25, 0.3) is 0 Å². The zero-order valence-corrected chi connectivity index (χ0v) is 10.5. The van der Waals surface area contributed by atoms with Gasteiger partial charge < -0.3 is 5.32 Å². The van der Waals surface area contributed by atoms with Crippen molar-refractivity contribution < 1.29 is 4.79 Å². The first-order chi connectivity index (χ1) is 8.24. The fraction of sp³-hybridized carbons (Fsp3) is 0.692. The van der Waals surface area contributed by atoms with Crippen LogP contribution in [0.2, 0.25) is 0 Å². The van der Waals surface area contributed by atoms with Crippen molar-refractivity contribution in [3.05, 3.63) is 18.0 Å². The van der Waals surface area contributed by atoms with Gasteiger partial charge in [0.2, 0.25) is 5.91 Å². The largest absolute Gasteiger partial charge is 0.353 e. The molecule has 1 fully saturated rings. The van der Waals surface area contributed by atoms with E-state index in [0.717, 1.165) is 18.5 Å². The molecule has 0 unspecified atom stereocenters. The summed E-state index contributed by atoms with van der Waals surface area (Å²) in [6.07, 6.45) is 8.56. The molecule has 0 spiro atoms. The summed E-state index contributed by atoms with van der Waals surface area (Å²) in [5.74, 6) is 0.157. The molecule has 1 aliphatic carbocycles. The first-order valence-electron chi connectivity index (χ1n) is 6.53. The third-order valence-corrected chi connectivity index (χ3v) is 3.31. The predicted molar refractivity (Wildman–Crippen MR) is 66.6 cm³/mol. The Morgan fingerprint density at radius 3 is 2.88 bits per heavy atom. The summed E-state index contributed by atoms with van der Waals surface area (Å²) in [5.41, 5.74) is 0.998. The van der Waals surface area contributed by atoms with Crippen molar-refractivity contribution in [1.82, 2.24) is 15.1 Å². The molecule has 17 heavy (non-hydrogen) atoms. The van der Waals surface area contributed by atoms with Crippen molar-refractivity contribution in [3.8, 4) is 0 Å². The lowest BCUT2D eigenvalue weighted by molar-refractivity contribution is -0.122. The maximum absolute atomic E-state index is 11.7. The highest BCUT2D eigenvalue weighted by Gasteiger charge is 2.15. The second kappa shape index (κ2) is 5.84. The molecule has 1 heterocycles. The molecule has 0 radical (unpaired) electrons. The molecule has 4 nitrogen and oxygen atoms in total. The summed E-state index contributed by atoms with van der Waals surface area (Å²) in [5, 5.41) is 7.38. The van der Waals surface area contributed by atoms with E-state index in [0.29, 0.717) is 19.0 Å². The number of carbonyl (C=O) groups is 1. The van der Waals surface area contributed by atoms with Crippen molar-refractivity contribution in [2.75, 3.05) is 0 Å². The van der Waals surface area contributed by atoms with E-state index in [1.54, 1.807) is 0 Å². The lowest BCUT2D eigenvalue weighted by atomic mass is 9.95. The molecule has 1 aliphatic rings. The number of hydrogen-bond donors (Lipinski definition) is 1. The van der Waals surface area contributed by atoms with Crippen LogP contribution in [0.4, 0.5) is 0 Å². The second-order valence-electron chi connectivity index (χ2n) is 4.87. The van der Waals surface area contributed by atoms with Crippen LogP contribution >= 0.6 is 0 Å². The second-order valence-corrected chi connectivity index (χ2v) is 4.87. The van der Waals surface area contributed by atoms with Gasteiger partial charge in [0, 0.05) is 25.2 Å². The minimum Gasteiger partial charge on any atom is -0.353 e. The molecule has 0 aromatic carbocycles. The molecule has 1 saturated carbocycles. The fourth-order valence-corrected chi connectivity index (χ4v) is 2.35. The van der Waals surface area contributed by atoms with Crippen molar-refractivity contribution in [3.63, 3.8) is 0 Å². The number of amides is 1. The number of rotatable bonds is 4. The van der Waals surface area contributed by atoms with Gasteiger partial charge in [-0.3, -0.25) is 9.48 Å². The van der Waals surface area contributed by atoms with Crippen LogP contribution in [0.15, 0.2) is 12.3 Å². The Morgan fingerprint density at radius 1 is 1.47 bits per heavy atom. The smallest absolute Gasteiger partial charge is 0.222 e. The minimum absolute atomic E-state index is 0.157. The monoisotopic (exact) mass is 235 g/mol.